The van der Waals surface area contributed by atoms with E-state index in [1.165, 1.54) is 43.4 Å². The van der Waals surface area contributed by atoms with Gasteiger partial charge in [-0.1, -0.05) is 6.07 Å². The van der Waals surface area contributed by atoms with Gasteiger partial charge in [0.15, 0.2) is 11.6 Å². The van der Waals surface area contributed by atoms with E-state index in [0.29, 0.717) is 17.0 Å². The summed E-state index contributed by atoms with van der Waals surface area (Å²) < 4.78 is 23.9. The van der Waals surface area contributed by atoms with Gasteiger partial charge >= 0.3 is 0 Å². The second-order valence-electron chi connectivity index (χ2n) is 5.39. The van der Waals surface area contributed by atoms with E-state index in [1.54, 1.807) is 26.2 Å². The highest BCUT2D eigenvalue weighted by Gasteiger charge is 2.18. The Morgan fingerprint density at radius 1 is 1.04 bits per heavy atom. The summed E-state index contributed by atoms with van der Waals surface area (Å²) in [5, 5.41) is 2.63. The largest absolute Gasteiger partial charge is 0.496 e. The molecule has 7 heteroatoms. The molecule has 0 atom stereocenters. The second-order valence-corrected chi connectivity index (χ2v) is 5.39. The van der Waals surface area contributed by atoms with Crippen LogP contribution in [0.5, 0.6) is 11.5 Å². The molecule has 0 unspecified atom stereocenters. The molecule has 0 fully saturated rings. The van der Waals surface area contributed by atoms with Crippen molar-refractivity contribution in [1.82, 2.24) is 4.90 Å². The van der Waals surface area contributed by atoms with Crippen LogP contribution in [0.4, 0.5) is 10.1 Å². The smallest absolute Gasteiger partial charge is 0.259 e. The maximum atomic E-state index is 13.7. The Morgan fingerprint density at radius 3 is 2.36 bits per heavy atom. The standard InChI is InChI=1S/C18H19FN2O4/c1-21(2)18(23)13-10-11(8-9-15(13)24-3)20-17(22)12-6-5-7-14(19)16(12)25-4/h5-10H,1-4H3,(H,20,22). The van der Waals surface area contributed by atoms with Crippen LogP contribution in [0.25, 0.3) is 0 Å². The van der Waals surface area contributed by atoms with E-state index in [9.17, 15) is 14.0 Å². The number of nitrogens with zero attached hydrogens (tertiary/aromatic N) is 1. The number of hydrogen-bond donors (Lipinski definition) is 1. The zero-order chi connectivity index (χ0) is 18.6. The number of rotatable bonds is 5. The van der Waals surface area contributed by atoms with Gasteiger partial charge in [0.05, 0.1) is 25.3 Å². The fourth-order valence-electron chi connectivity index (χ4n) is 2.29. The minimum Gasteiger partial charge on any atom is -0.496 e. The highest BCUT2D eigenvalue weighted by atomic mass is 19.1. The van der Waals surface area contributed by atoms with Gasteiger partial charge in [0.2, 0.25) is 0 Å². The van der Waals surface area contributed by atoms with Crippen LogP contribution in [0.3, 0.4) is 0 Å². The van der Waals surface area contributed by atoms with Crippen LogP contribution in [-0.2, 0) is 0 Å². The van der Waals surface area contributed by atoms with Gasteiger partial charge in [0, 0.05) is 19.8 Å². The minimum absolute atomic E-state index is 0.0544. The molecular weight excluding hydrogens is 327 g/mol. The van der Waals surface area contributed by atoms with Crippen LogP contribution in [-0.4, -0.2) is 45.0 Å². The van der Waals surface area contributed by atoms with Crippen molar-refractivity contribution in [1.29, 1.82) is 0 Å². The van der Waals surface area contributed by atoms with Gasteiger partial charge < -0.3 is 19.7 Å². The van der Waals surface area contributed by atoms with Crippen molar-refractivity contribution in [2.45, 2.75) is 0 Å². The summed E-state index contributed by atoms with van der Waals surface area (Å²) in [5.41, 5.74) is 0.734. The molecule has 6 nitrogen and oxygen atoms in total. The van der Waals surface area contributed by atoms with Gasteiger partial charge in [0.1, 0.15) is 5.75 Å². The highest BCUT2D eigenvalue weighted by Crippen LogP contribution is 2.26. The molecule has 0 radical (unpaired) electrons. The van der Waals surface area contributed by atoms with Crippen molar-refractivity contribution in [2.24, 2.45) is 0 Å². The Kier molecular flexibility index (Phi) is 5.59. The summed E-state index contributed by atoms with van der Waals surface area (Å²) in [7, 11) is 5.98. The molecule has 0 aliphatic carbocycles. The first-order chi connectivity index (χ1) is 11.9. The van der Waals surface area contributed by atoms with Crippen molar-refractivity contribution < 1.29 is 23.5 Å². The molecule has 0 aliphatic heterocycles. The summed E-state index contributed by atoms with van der Waals surface area (Å²) in [6, 6.07) is 8.75. The summed E-state index contributed by atoms with van der Waals surface area (Å²) in [6.07, 6.45) is 0. The van der Waals surface area contributed by atoms with E-state index in [-0.39, 0.29) is 17.2 Å². The first-order valence-corrected chi connectivity index (χ1v) is 7.42. The van der Waals surface area contributed by atoms with Crippen molar-refractivity contribution in [3.05, 3.63) is 53.3 Å². The maximum absolute atomic E-state index is 13.7. The molecule has 0 spiro atoms. The van der Waals surface area contributed by atoms with Gasteiger partial charge in [-0.05, 0) is 30.3 Å². The van der Waals surface area contributed by atoms with Crippen LogP contribution < -0.4 is 14.8 Å². The van der Waals surface area contributed by atoms with E-state index >= 15 is 0 Å². The predicted molar refractivity (Wildman–Crippen MR) is 91.9 cm³/mol. The summed E-state index contributed by atoms with van der Waals surface area (Å²) in [5.74, 6) is -1.20. The molecule has 132 valence electrons. The normalized spacial score (nSPS) is 10.1. The molecule has 2 aromatic carbocycles. The topological polar surface area (TPSA) is 67.9 Å². The van der Waals surface area contributed by atoms with Crippen molar-refractivity contribution in [2.75, 3.05) is 33.6 Å². The van der Waals surface area contributed by atoms with E-state index in [0.717, 1.165) is 0 Å². The molecule has 25 heavy (non-hydrogen) atoms. The van der Waals surface area contributed by atoms with Crippen LogP contribution in [0.2, 0.25) is 0 Å². The maximum Gasteiger partial charge on any atom is 0.259 e. The molecule has 2 aromatic rings. The van der Waals surface area contributed by atoms with Crippen LogP contribution >= 0.6 is 0 Å². The Bertz CT molecular complexity index is 806. The molecule has 0 bridgehead atoms. The molecule has 0 heterocycles. The van der Waals surface area contributed by atoms with Gasteiger partial charge in [0.25, 0.3) is 11.8 Å². The lowest BCUT2D eigenvalue weighted by Crippen LogP contribution is -2.22. The number of nitrogens with one attached hydrogen (secondary N) is 1. The van der Waals surface area contributed by atoms with E-state index in [1.807, 2.05) is 0 Å². The number of benzene rings is 2. The number of para-hydroxylation sites is 1. The molecule has 0 saturated heterocycles. The molecule has 2 amide bonds. The SMILES string of the molecule is COc1ccc(NC(=O)c2cccc(F)c2OC)cc1C(=O)N(C)C. The predicted octanol–water partition coefficient (Wildman–Crippen LogP) is 2.80. The minimum atomic E-state index is -0.631. The molecule has 2 rings (SSSR count). The third kappa shape index (κ3) is 3.88. The molecule has 0 aliphatic rings. The van der Waals surface area contributed by atoms with Crippen molar-refractivity contribution in [3.63, 3.8) is 0 Å². The van der Waals surface area contributed by atoms with E-state index in [4.69, 9.17) is 9.47 Å². The molecular formula is C18H19FN2O4. The lowest BCUT2D eigenvalue weighted by molar-refractivity contribution is 0.0824. The number of halogens is 1. The first kappa shape index (κ1) is 18.3. The number of amides is 2. The fourth-order valence-corrected chi connectivity index (χ4v) is 2.29. The molecule has 1 N–H and O–H groups in total. The Balaban J connectivity index is 2.35. The van der Waals surface area contributed by atoms with Gasteiger partial charge in [-0.15, -0.1) is 0 Å². The highest BCUT2D eigenvalue weighted by molar-refractivity contribution is 6.07. The van der Waals surface area contributed by atoms with Gasteiger partial charge in [-0.3, -0.25) is 9.59 Å². The third-order valence-electron chi connectivity index (χ3n) is 3.51. The fraction of sp³-hybridized carbons (Fsp3) is 0.222. The Labute approximate surface area is 145 Å². The summed E-state index contributed by atoms with van der Waals surface area (Å²) >= 11 is 0. The lowest BCUT2D eigenvalue weighted by atomic mass is 10.1. The number of carbonyl (C=O) groups excluding carboxylic acids is 2. The number of ether oxygens (including phenoxy) is 2. The lowest BCUT2D eigenvalue weighted by Gasteiger charge is -2.15. The number of carbonyl (C=O) groups is 2. The van der Waals surface area contributed by atoms with E-state index < -0.39 is 11.7 Å². The molecule has 0 saturated carbocycles. The zero-order valence-corrected chi connectivity index (χ0v) is 14.4. The quantitative estimate of drug-likeness (QED) is 0.904. The molecule has 0 aromatic heterocycles. The van der Waals surface area contributed by atoms with Crippen LogP contribution in [0.15, 0.2) is 36.4 Å². The zero-order valence-electron chi connectivity index (χ0n) is 14.4. The Hall–Kier alpha value is -3.09. The monoisotopic (exact) mass is 346 g/mol. The van der Waals surface area contributed by atoms with Crippen LogP contribution in [0, 0.1) is 5.82 Å². The number of anilines is 1. The van der Waals surface area contributed by atoms with Crippen LogP contribution in [0.1, 0.15) is 20.7 Å². The van der Waals surface area contributed by atoms with Gasteiger partial charge in [-0.25, -0.2) is 4.39 Å². The average Bonchev–Trinajstić information content (AvgIpc) is 2.60. The number of hydrogen-bond acceptors (Lipinski definition) is 4. The van der Waals surface area contributed by atoms with Crippen molar-refractivity contribution >= 4 is 17.5 Å². The van der Waals surface area contributed by atoms with Gasteiger partial charge in [-0.2, -0.15) is 0 Å². The summed E-state index contributed by atoms with van der Waals surface area (Å²) in [4.78, 5) is 26.1. The first-order valence-electron chi connectivity index (χ1n) is 7.42. The number of methoxy groups -OCH3 is 2. The average molecular weight is 346 g/mol. The van der Waals surface area contributed by atoms with E-state index in [2.05, 4.69) is 5.32 Å². The third-order valence-corrected chi connectivity index (χ3v) is 3.51. The Morgan fingerprint density at radius 2 is 1.76 bits per heavy atom. The van der Waals surface area contributed by atoms with Crippen molar-refractivity contribution in [3.8, 4) is 11.5 Å². The summed E-state index contributed by atoms with van der Waals surface area (Å²) in [6.45, 7) is 0. The second kappa shape index (κ2) is 7.65.